The number of rotatable bonds is 6. The van der Waals surface area contributed by atoms with Crippen LogP contribution in [0.5, 0.6) is 5.75 Å². The molecule has 2 bridgehead atoms. The Labute approximate surface area is 234 Å². The summed E-state index contributed by atoms with van der Waals surface area (Å²) in [6.45, 7) is 0. The van der Waals surface area contributed by atoms with E-state index in [4.69, 9.17) is 4.74 Å². The molecule has 1 aromatic heterocycles. The molecule has 2 amide bonds. The number of allylic oxidation sites excluding steroid dienone is 1. The summed E-state index contributed by atoms with van der Waals surface area (Å²) >= 11 is 0. The minimum atomic E-state index is -5.04. The highest BCUT2D eigenvalue weighted by molar-refractivity contribution is 6.00. The average Bonchev–Trinajstić information content (AvgIpc) is 3.64. The standard InChI is InChI=1S/C28H23F7N4O3/c1-42-22-7-2-13(21-8-9-36-39-21)10-17(22)25(40)38-24-16-5-4-15(18(16)12-27(30,31)32)23(24)26(41)37-14-3-6-20(29)19(11-14)28(33,34)35/h2-3,6-12,15-16,23-24H,4-5H2,1H3,(H,36,39)(H,37,41)(H,38,40)/b18-12-/t15?,16?,23-,24?/m0/s1. The van der Waals surface area contributed by atoms with Crippen molar-refractivity contribution < 1.29 is 45.1 Å². The average molecular weight is 597 g/mol. The van der Waals surface area contributed by atoms with Gasteiger partial charge in [0.05, 0.1) is 29.8 Å². The molecule has 2 saturated carbocycles. The van der Waals surface area contributed by atoms with E-state index >= 15 is 0 Å². The predicted octanol–water partition coefficient (Wildman–Crippen LogP) is 6.13. The second kappa shape index (κ2) is 10.8. The van der Waals surface area contributed by atoms with Gasteiger partial charge in [-0.2, -0.15) is 31.4 Å². The lowest BCUT2D eigenvalue weighted by molar-refractivity contribution is -0.140. The smallest absolute Gasteiger partial charge is 0.419 e. The van der Waals surface area contributed by atoms with Gasteiger partial charge in [-0.25, -0.2) is 4.39 Å². The van der Waals surface area contributed by atoms with Crippen LogP contribution in [0.15, 0.2) is 60.3 Å². The van der Waals surface area contributed by atoms with Gasteiger partial charge in [0.2, 0.25) is 5.91 Å². The maximum atomic E-state index is 13.8. The van der Waals surface area contributed by atoms with E-state index in [0.717, 1.165) is 6.07 Å². The summed E-state index contributed by atoms with van der Waals surface area (Å²) in [6, 6.07) is 7.09. The third-order valence-electron chi connectivity index (χ3n) is 7.62. The number of hydrogen-bond acceptors (Lipinski definition) is 4. The van der Waals surface area contributed by atoms with Crippen LogP contribution in [0.4, 0.5) is 36.4 Å². The van der Waals surface area contributed by atoms with Gasteiger partial charge in [-0.1, -0.05) is 5.57 Å². The Morgan fingerprint density at radius 3 is 2.40 bits per heavy atom. The molecule has 2 fully saturated rings. The fourth-order valence-corrected chi connectivity index (χ4v) is 5.93. The van der Waals surface area contributed by atoms with E-state index in [9.17, 15) is 40.3 Å². The van der Waals surface area contributed by atoms with Gasteiger partial charge in [0.25, 0.3) is 5.91 Å². The summed E-state index contributed by atoms with van der Waals surface area (Å²) in [7, 11) is 1.33. The van der Waals surface area contributed by atoms with Gasteiger partial charge in [0.1, 0.15) is 11.6 Å². The molecule has 0 spiro atoms. The summed E-state index contributed by atoms with van der Waals surface area (Å²) in [5.41, 5.74) is -0.883. The summed E-state index contributed by atoms with van der Waals surface area (Å²) in [5, 5.41) is 11.6. The van der Waals surface area contributed by atoms with Crippen molar-refractivity contribution in [2.75, 3.05) is 12.4 Å². The number of methoxy groups -OCH3 is 1. The first-order valence-corrected chi connectivity index (χ1v) is 12.7. The molecule has 1 heterocycles. The molecule has 2 aromatic carbocycles. The molecule has 222 valence electrons. The Kier molecular flexibility index (Phi) is 7.50. The number of benzene rings is 2. The quantitative estimate of drug-likeness (QED) is 0.236. The second-order valence-corrected chi connectivity index (χ2v) is 10.1. The van der Waals surface area contributed by atoms with Crippen molar-refractivity contribution in [1.29, 1.82) is 0 Å². The number of aromatic nitrogens is 2. The van der Waals surface area contributed by atoms with E-state index in [0.29, 0.717) is 23.4 Å². The van der Waals surface area contributed by atoms with Crippen LogP contribution in [0.3, 0.4) is 0 Å². The molecule has 0 radical (unpaired) electrons. The zero-order valence-electron chi connectivity index (χ0n) is 21.7. The first-order valence-electron chi connectivity index (χ1n) is 12.7. The summed E-state index contributed by atoms with van der Waals surface area (Å²) in [4.78, 5) is 27.0. The molecule has 14 heteroatoms. The van der Waals surface area contributed by atoms with E-state index in [1.54, 1.807) is 12.1 Å². The molecule has 3 unspecified atom stereocenters. The Bertz CT molecular complexity index is 1530. The van der Waals surface area contributed by atoms with E-state index < -0.39 is 65.0 Å². The van der Waals surface area contributed by atoms with Crippen LogP contribution < -0.4 is 15.4 Å². The van der Waals surface area contributed by atoms with Gasteiger partial charge in [-0.05, 0) is 61.2 Å². The van der Waals surface area contributed by atoms with Crippen LogP contribution in [0, 0.1) is 23.6 Å². The van der Waals surface area contributed by atoms with Crippen molar-refractivity contribution in [3.8, 4) is 17.0 Å². The van der Waals surface area contributed by atoms with Crippen molar-refractivity contribution >= 4 is 17.5 Å². The zero-order valence-corrected chi connectivity index (χ0v) is 21.7. The van der Waals surface area contributed by atoms with Crippen LogP contribution >= 0.6 is 0 Å². The molecule has 3 N–H and O–H groups in total. The van der Waals surface area contributed by atoms with Crippen molar-refractivity contribution in [1.82, 2.24) is 15.5 Å². The molecule has 42 heavy (non-hydrogen) atoms. The maximum Gasteiger partial charge on any atom is 0.419 e. The number of hydrogen-bond donors (Lipinski definition) is 3. The van der Waals surface area contributed by atoms with Crippen LogP contribution in [-0.4, -0.2) is 41.3 Å². The first kappa shape index (κ1) is 29.1. The number of anilines is 1. The third-order valence-corrected chi connectivity index (χ3v) is 7.62. The number of fused-ring (bicyclic) bond motifs is 2. The first-order chi connectivity index (χ1) is 19.8. The largest absolute Gasteiger partial charge is 0.496 e. The number of H-pyrrole nitrogens is 1. The lowest BCUT2D eigenvalue weighted by Crippen LogP contribution is -2.48. The number of halogens is 7. The van der Waals surface area contributed by atoms with Gasteiger partial charge < -0.3 is 15.4 Å². The van der Waals surface area contributed by atoms with Gasteiger partial charge >= 0.3 is 12.4 Å². The molecule has 5 rings (SSSR count). The lowest BCUT2D eigenvalue weighted by atomic mass is 9.83. The van der Waals surface area contributed by atoms with Gasteiger partial charge in [-0.15, -0.1) is 0 Å². The van der Waals surface area contributed by atoms with Gasteiger partial charge in [0.15, 0.2) is 0 Å². The van der Waals surface area contributed by atoms with Gasteiger partial charge in [-0.3, -0.25) is 14.7 Å². The molecular weight excluding hydrogens is 573 g/mol. The molecule has 0 saturated heterocycles. The number of nitrogens with one attached hydrogen (secondary N) is 3. The van der Waals surface area contributed by atoms with Crippen LogP contribution in [0.2, 0.25) is 0 Å². The Hall–Kier alpha value is -4.36. The van der Waals surface area contributed by atoms with Crippen LogP contribution in [0.25, 0.3) is 11.3 Å². The van der Waals surface area contributed by atoms with Crippen molar-refractivity contribution in [3.63, 3.8) is 0 Å². The lowest BCUT2D eigenvalue weighted by Gasteiger charge is -2.30. The molecule has 2 aliphatic carbocycles. The summed E-state index contributed by atoms with van der Waals surface area (Å²) in [6.07, 6.45) is -7.66. The molecule has 2 aliphatic rings. The summed E-state index contributed by atoms with van der Waals surface area (Å²) in [5.74, 6) is -6.04. The molecule has 0 aliphatic heterocycles. The van der Waals surface area contributed by atoms with Crippen molar-refractivity contribution in [2.24, 2.45) is 17.8 Å². The number of alkyl halides is 6. The fourth-order valence-electron chi connectivity index (χ4n) is 5.93. The molecule has 4 atom stereocenters. The number of carbonyl (C=O) groups excluding carboxylic acids is 2. The Morgan fingerprint density at radius 2 is 1.76 bits per heavy atom. The van der Waals surface area contributed by atoms with E-state index in [1.807, 2.05) is 0 Å². The monoisotopic (exact) mass is 596 g/mol. The van der Waals surface area contributed by atoms with E-state index in [-0.39, 0.29) is 35.8 Å². The van der Waals surface area contributed by atoms with Gasteiger partial charge in [0, 0.05) is 35.5 Å². The van der Waals surface area contributed by atoms with Crippen LogP contribution in [0.1, 0.15) is 28.8 Å². The predicted molar refractivity (Wildman–Crippen MR) is 136 cm³/mol. The minimum absolute atomic E-state index is 0.0428. The highest BCUT2D eigenvalue weighted by atomic mass is 19.4. The van der Waals surface area contributed by atoms with Crippen molar-refractivity contribution in [3.05, 3.63) is 77.3 Å². The number of amides is 2. The SMILES string of the molecule is COc1ccc(-c2ccn[nH]2)cc1C(=O)NC1C2CCC(/C2=C/C(F)(F)F)[C@@H]1C(=O)Nc1ccc(F)c(C(F)(F)F)c1. The Balaban J connectivity index is 1.48. The third kappa shape index (κ3) is 5.70. The van der Waals surface area contributed by atoms with Crippen molar-refractivity contribution in [2.45, 2.75) is 31.2 Å². The second-order valence-electron chi connectivity index (χ2n) is 10.1. The maximum absolute atomic E-state index is 13.8. The highest BCUT2D eigenvalue weighted by Crippen LogP contribution is 2.54. The van der Waals surface area contributed by atoms with E-state index in [1.165, 1.54) is 25.4 Å². The summed E-state index contributed by atoms with van der Waals surface area (Å²) < 4.78 is 99.1. The fraction of sp³-hybridized carbons (Fsp3) is 0.321. The van der Waals surface area contributed by atoms with Crippen LogP contribution in [-0.2, 0) is 11.0 Å². The van der Waals surface area contributed by atoms with E-state index in [2.05, 4.69) is 20.8 Å². The number of aromatic amines is 1. The number of carbonyl (C=O) groups is 2. The molecule has 7 nitrogen and oxygen atoms in total. The highest BCUT2D eigenvalue weighted by Gasteiger charge is 2.55. The normalized spacial score (nSPS) is 22.8. The Morgan fingerprint density at radius 1 is 1.02 bits per heavy atom. The minimum Gasteiger partial charge on any atom is -0.496 e. The molecule has 3 aromatic rings. The number of ether oxygens (including phenoxy) is 1. The number of nitrogens with zero attached hydrogens (tertiary/aromatic N) is 1. The zero-order chi connectivity index (χ0) is 30.4. The topological polar surface area (TPSA) is 96.1 Å². The molecular formula is C28H23F7N4O3.